The van der Waals surface area contributed by atoms with Gasteiger partial charge in [0, 0.05) is 30.5 Å². The van der Waals surface area contributed by atoms with Crippen molar-refractivity contribution in [2.24, 2.45) is 5.92 Å². The molecule has 1 atom stereocenters. The van der Waals surface area contributed by atoms with E-state index in [-0.39, 0.29) is 42.2 Å². The van der Waals surface area contributed by atoms with Gasteiger partial charge in [-0.2, -0.15) is 0 Å². The smallest absolute Gasteiger partial charge is 0.248 e. The van der Waals surface area contributed by atoms with Gasteiger partial charge in [0.25, 0.3) is 0 Å². The average molecular weight is 257 g/mol. The van der Waals surface area contributed by atoms with Crippen LogP contribution < -0.4 is 5.73 Å². The minimum atomic E-state index is -2.67. The molecule has 0 heterocycles. The highest BCUT2D eigenvalue weighted by atomic mass is 19.3. The first-order chi connectivity index (χ1) is 8.37. The maximum atomic E-state index is 13.0. The summed E-state index contributed by atoms with van der Waals surface area (Å²) in [7, 11) is 0. The van der Waals surface area contributed by atoms with Crippen molar-refractivity contribution in [2.45, 2.75) is 31.6 Å². The Hall–Kier alpha value is -1.52. The molecule has 0 saturated heterocycles. The highest BCUT2D eigenvalue weighted by molar-refractivity contribution is 6.00. The van der Waals surface area contributed by atoms with Crippen molar-refractivity contribution in [2.75, 3.05) is 5.73 Å². The summed E-state index contributed by atoms with van der Waals surface area (Å²) in [6, 6.07) is 3.53. The van der Waals surface area contributed by atoms with E-state index in [2.05, 4.69) is 0 Å². The van der Waals surface area contributed by atoms with Crippen molar-refractivity contribution >= 4 is 11.5 Å². The number of benzene rings is 1. The van der Waals surface area contributed by atoms with Gasteiger partial charge in [0.15, 0.2) is 5.78 Å². The first-order valence-corrected chi connectivity index (χ1v) is 5.83. The predicted octanol–water partition coefficient (Wildman–Crippen LogP) is 3.42. The lowest BCUT2D eigenvalue weighted by Crippen LogP contribution is -2.13. The Labute approximate surface area is 103 Å². The van der Waals surface area contributed by atoms with E-state index < -0.39 is 11.7 Å². The Kier molecular flexibility index (Phi) is 3.32. The monoisotopic (exact) mass is 257 g/mol. The summed E-state index contributed by atoms with van der Waals surface area (Å²) in [6.07, 6.45) is -0.116. The molecule has 2 nitrogen and oxygen atoms in total. The molecule has 1 aromatic rings. The molecular weight excluding hydrogens is 243 g/mol. The predicted molar refractivity (Wildman–Crippen MR) is 62.0 cm³/mol. The molecule has 5 heteroatoms. The standard InChI is InChI=1S/C13H14F3NO/c14-9-1-2-11(17)10(6-9)12(18)5-8-3-4-13(15,16)7-8/h1-2,6,8H,3-5,7,17H2. The lowest BCUT2D eigenvalue weighted by molar-refractivity contribution is 0.00497. The molecule has 1 unspecified atom stereocenters. The van der Waals surface area contributed by atoms with E-state index in [0.29, 0.717) is 6.42 Å². The van der Waals surface area contributed by atoms with Crippen molar-refractivity contribution in [3.63, 3.8) is 0 Å². The van der Waals surface area contributed by atoms with E-state index >= 15 is 0 Å². The van der Waals surface area contributed by atoms with Gasteiger partial charge in [0.2, 0.25) is 5.92 Å². The zero-order valence-corrected chi connectivity index (χ0v) is 9.76. The molecule has 0 radical (unpaired) electrons. The minimum absolute atomic E-state index is 0.00322. The number of carbonyl (C=O) groups excluding carboxylic acids is 1. The number of hydrogen-bond acceptors (Lipinski definition) is 2. The van der Waals surface area contributed by atoms with Crippen molar-refractivity contribution in [3.05, 3.63) is 29.6 Å². The molecule has 1 saturated carbocycles. The van der Waals surface area contributed by atoms with E-state index in [9.17, 15) is 18.0 Å². The zero-order valence-electron chi connectivity index (χ0n) is 9.76. The third-order valence-electron chi connectivity index (χ3n) is 3.30. The third kappa shape index (κ3) is 2.83. The summed E-state index contributed by atoms with van der Waals surface area (Å²) in [4.78, 5) is 11.9. The second-order valence-electron chi connectivity index (χ2n) is 4.82. The molecule has 1 aromatic carbocycles. The van der Waals surface area contributed by atoms with Crippen LogP contribution in [-0.2, 0) is 0 Å². The van der Waals surface area contributed by atoms with Crippen molar-refractivity contribution < 1.29 is 18.0 Å². The number of halogens is 3. The molecule has 0 amide bonds. The Morgan fingerprint density at radius 1 is 1.44 bits per heavy atom. The number of rotatable bonds is 3. The summed E-state index contributed by atoms with van der Waals surface area (Å²) < 4.78 is 39.0. The Morgan fingerprint density at radius 3 is 2.78 bits per heavy atom. The topological polar surface area (TPSA) is 43.1 Å². The maximum Gasteiger partial charge on any atom is 0.248 e. The van der Waals surface area contributed by atoms with E-state index in [1.807, 2.05) is 0 Å². The zero-order chi connectivity index (χ0) is 13.3. The van der Waals surface area contributed by atoms with Gasteiger partial charge in [-0.15, -0.1) is 0 Å². The van der Waals surface area contributed by atoms with Crippen molar-refractivity contribution in [1.29, 1.82) is 0 Å². The van der Waals surface area contributed by atoms with Crippen molar-refractivity contribution in [3.8, 4) is 0 Å². The number of nitrogen functional groups attached to an aromatic ring is 1. The van der Waals surface area contributed by atoms with Gasteiger partial charge in [-0.25, -0.2) is 13.2 Å². The minimum Gasteiger partial charge on any atom is -0.398 e. The van der Waals surface area contributed by atoms with Crippen LogP contribution in [0.1, 0.15) is 36.0 Å². The van der Waals surface area contributed by atoms with E-state index in [1.54, 1.807) is 0 Å². The average Bonchev–Trinajstić information content (AvgIpc) is 2.61. The summed E-state index contributed by atoms with van der Waals surface area (Å²) >= 11 is 0. The number of anilines is 1. The normalized spacial score (nSPS) is 22.1. The first-order valence-electron chi connectivity index (χ1n) is 5.83. The fourth-order valence-corrected chi connectivity index (χ4v) is 2.36. The quantitative estimate of drug-likeness (QED) is 0.666. The molecule has 0 spiro atoms. The largest absolute Gasteiger partial charge is 0.398 e. The summed E-state index contributed by atoms with van der Waals surface area (Å²) in [5.74, 6) is -3.92. The highest BCUT2D eigenvalue weighted by Crippen LogP contribution is 2.40. The fourth-order valence-electron chi connectivity index (χ4n) is 2.36. The van der Waals surface area contributed by atoms with Gasteiger partial charge in [-0.3, -0.25) is 4.79 Å². The van der Waals surface area contributed by atoms with Gasteiger partial charge >= 0.3 is 0 Å². The van der Waals surface area contributed by atoms with Gasteiger partial charge < -0.3 is 5.73 Å². The van der Waals surface area contributed by atoms with Gasteiger partial charge in [-0.05, 0) is 30.5 Å². The number of nitrogens with two attached hydrogens (primary N) is 1. The van der Waals surface area contributed by atoms with Crippen LogP contribution in [-0.4, -0.2) is 11.7 Å². The summed E-state index contributed by atoms with van der Waals surface area (Å²) in [5.41, 5.74) is 5.86. The maximum absolute atomic E-state index is 13.0. The number of carbonyl (C=O) groups is 1. The van der Waals surface area contributed by atoms with Crippen LogP contribution in [0.15, 0.2) is 18.2 Å². The summed E-state index contributed by atoms with van der Waals surface area (Å²) in [5, 5.41) is 0. The summed E-state index contributed by atoms with van der Waals surface area (Å²) in [6.45, 7) is 0. The van der Waals surface area contributed by atoms with Crippen LogP contribution in [0, 0.1) is 11.7 Å². The number of ketones is 1. The van der Waals surface area contributed by atoms with Gasteiger partial charge in [0.05, 0.1) is 0 Å². The lowest BCUT2D eigenvalue weighted by atomic mass is 9.96. The molecule has 0 aromatic heterocycles. The molecule has 0 bridgehead atoms. The molecule has 1 aliphatic rings. The molecular formula is C13H14F3NO. The second-order valence-corrected chi connectivity index (χ2v) is 4.82. The number of alkyl halides is 2. The van der Waals surface area contributed by atoms with Crippen LogP contribution in [0.25, 0.3) is 0 Å². The van der Waals surface area contributed by atoms with Gasteiger partial charge in [-0.1, -0.05) is 0 Å². The molecule has 1 fully saturated rings. The number of Topliss-reactive ketones (excluding diaryl/α,β-unsaturated/α-hetero) is 1. The van der Waals surface area contributed by atoms with Crippen LogP contribution in [0.5, 0.6) is 0 Å². The van der Waals surface area contributed by atoms with Crippen molar-refractivity contribution in [1.82, 2.24) is 0 Å². The molecule has 0 aliphatic heterocycles. The van der Waals surface area contributed by atoms with Gasteiger partial charge in [0.1, 0.15) is 5.82 Å². The lowest BCUT2D eigenvalue weighted by Gasteiger charge is -2.11. The van der Waals surface area contributed by atoms with E-state index in [0.717, 1.165) is 12.1 Å². The highest BCUT2D eigenvalue weighted by Gasteiger charge is 2.40. The van der Waals surface area contributed by atoms with Crippen LogP contribution in [0.3, 0.4) is 0 Å². The second kappa shape index (κ2) is 4.63. The Morgan fingerprint density at radius 2 is 2.17 bits per heavy atom. The van der Waals surface area contributed by atoms with E-state index in [4.69, 9.17) is 5.73 Å². The molecule has 18 heavy (non-hydrogen) atoms. The van der Waals surface area contributed by atoms with Crippen LogP contribution in [0.4, 0.5) is 18.9 Å². The Balaban J connectivity index is 2.06. The molecule has 2 rings (SSSR count). The van der Waals surface area contributed by atoms with Crippen LogP contribution in [0.2, 0.25) is 0 Å². The fraction of sp³-hybridized carbons (Fsp3) is 0.462. The Bertz CT molecular complexity index is 473. The third-order valence-corrected chi connectivity index (χ3v) is 3.30. The molecule has 1 aliphatic carbocycles. The SMILES string of the molecule is Nc1ccc(F)cc1C(=O)CC1CCC(F)(F)C1. The van der Waals surface area contributed by atoms with Crippen LogP contribution >= 0.6 is 0 Å². The number of hydrogen-bond donors (Lipinski definition) is 1. The first kappa shape index (κ1) is 12.9. The molecule has 2 N–H and O–H groups in total. The van der Waals surface area contributed by atoms with E-state index in [1.165, 1.54) is 6.07 Å². The molecule has 98 valence electrons.